The van der Waals surface area contributed by atoms with Gasteiger partial charge in [0.1, 0.15) is 33.5 Å². The minimum absolute atomic E-state index is 0.885. The second-order valence-electron chi connectivity index (χ2n) is 34.7. The van der Waals surface area contributed by atoms with Crippen LogP contribution in [0, 0.1) is 0 Å². The Bertz CT molecular complexity index is 9420. The van der Waals surface area contributed by atoms with Gasteiger partial charge in [-0.15, -0.1) is 0 Å². The zero-order chi connectivity index (χ0) is 87.6. The van der Waals surface area contributed by atoms with Crippen molar-refractivity contribution in [2.45, 2.75) is 0 Å². The van der Waals surface area contributed by atoms with E-state index >= 15 is 0 Å². The van der Waals surface area contributed by atoms with E-state index in [0.29, 0.717) is 0 Å². The molecular formula is C129H79NO3. The fourth-order valence-electron chi connectivity index (χ4n) is 21.8. The molecule has 0 aliphatic carbocycles. The summed E-state index contributed by atoms with van der Waals surface area (Å²) in [6.07, 6.45) is 3.72. The van der Waals surface area contributed by atoms with E-state index in [-0.39, 0.29) is 0 Å². The summed E-state index contributed by atoms with van der Waals surface area (Å²) in [6.45, 7) is 0. The zero-order valence-corrected chi connectivity index (χ0v) is 72.3. The first-order valence-corrected chi connectivity index (χ1v) is 45.6. The van der Waals surface area contributed by atoms with Crippen LogP contribution in [0.3, 0.4) is 0 Å². The van der Waals surface area contributed by atoms with Gasteiger partial charge >= 0.3 is 0 Å². The lowest BCUT2D eigenvalue weighted by Gasteiger charge is -2.19. The van der Waals surface area contributed by atoms with Crippen LogP contribution in [0.2, 0.25) is 0 Å². The highest BCUT2D eigenvalue weighted by Crippen LogP contribution is 2.55. The van der Waals surface area contributed by atoms with Gasteiger partial charge in [-0.25, -0.2) is 0 Å². The first kappa shape index (κ1) is 76.6. The van der Waals surface area contributed by atoms with Crippen LogP contribution in [0.15, 0.2) is 493 Å². The van der Waals surface area contributed by atoms with Crippen LogP contribution in [0.5, 0.6) is 0 Å². The number of nitrogens with zero attached hydrogens (tertiary/aromatic N) is 1. The van der Waals surface area contributed by atoms with Gasteiger partial charge in [0.25, 0.3) is 0 Å². The minimum atomic E-state index is 0.885. The molecule has 0 fully saturated rings. The summed E-state index contributed by atoms with van der Waals surface area (Å²) in [5, 5.41) is 31.7. The Morgan fingerprint density at radius 3 is 0.789 bits per heavy atom. The maximum Gasteiger partial charge on any atom is 0.143 e. The highest BCUT2D eigenvalue weighted by Gasteiger charge is 2.28. The molecule has 4 aromatic heterocycles. The smallest absolute Gasteiger partial charge is 0.143 e. The predicted molar refractivity (Wildman–Crippen MR) is 563 cm³/mol. The van der Waals surface area contributed by atoms with Gasteiger partial charge in [-0.05, 0) is 246 Å². The van der Waals surface area contributed by atoms with Crippen molar-refractivity contribution in [3.8, 4) is 100 Å². The van der Waals surface area contributed by atoms with Gasteiger partial charge in [0.05, 0.1) is 0 Å². The summed E-state index contributed by atoms with van der Waals surface area (Å²) in [5.74, 6) is 0. The number of furan rings is 3. The minimum Gasteiger partial charge on any atom is -0.456 e. The number of hydrogen-bond acceptors (Lipinski definition) is 4. The highest BCUT2D eigenvalue weighted by molar-refractivity contribution is 6.32. The predicted octanol–water partition coefficient (Wildman–Crippen LogP) is 36.7. The van der Waals surface area contributed by atoms with Crippen molar-refractivity contribution >= 4 is 174 Å². The van der Waals surface area contributed by atoms with E-state index in [0.717, 1.165) is 82.7 Å². The number of benzene rings is 24. The average Bonchev–Trinajstić information content (AvgIpc) is 1.61. The number of pyridine rings is 1. The molecule has 0 saturated heterocycles. The Morgan fingerprint density at radius 1 is 0.143 bits per heavy atom. The lowest BCUT2D eigenvalue weighted by Crippen LogP contribution is -1.92. The largest absolute Gasteiger partial charge is 0.456 e. The number of rotatable bonds is 9. The van der Waals surface area contributed by atoms with Crippen molar-refractivity contribution in [3.05, 3.63) is 480 Å². The Labute approximate surface area is 766 Å². The number of hydrogen-bond donors (Lipinski definition) is 0. The normalized spacial score (nSPS) is 11.8. The van der Waals surface area contributed by atoms with E-state index in [1.807, 2.05) is 30.6 Å². The molecule has 24 aromatic carbocycles. The second kappa shape index (κ2) is 31.7. The third-order valence-electron chi connectivity index (χ3n) is 27.5. The molecule has 0 spiro atoms. The molecule has 0 amide bonds. The molecule has 28 aromatic rings. The van der Waals surface area contributed by atoms with Gasteiger partial charge in [0.15, 0.2) is 0 Å². The van der Waals surface area contributed by atoms with Crippen LogP contribution in [-0.2, 0) is 0 Å². The quantitative estimate of drug-likeness (QED) is 0.135. The fraction of sp³-hybridized carbons (Fsp3) is 0. The molecule has 4 heterocycles. The number of aromatic nitrogens is 1. The van der Waals surface area contributed by atoms with E-state index in [4.69, 9.17) is 13.3 Å². The molecule has 0 aliphatic heterocycles. The summed E-state index contributed by atoms with van der Waals surface area (Å²) < 4.78 is 19.8. The van der Waals surface area contributed by atoms with Crippen molar-refractivity contribution in [3.63, 3.8) is 0 Å². The number of para-hydroxylation sites is 3. The van der Waals surface area contributed by atoms with Gasteiger partial charge in [0.2, 0.25) is 0 Å². The van der Waals surface area contributed by atoms with Crippen molar-refractivity contribution in [2.24, 2.45) is 0 Å². The van der Waals surface area contributed by atoms with Gasteiger partial charge in [-0.1, -0.05) is 413 Å². The molecule has 0 aliphatic rings. The Hall–Kier alpha value is -17.6. The van der Waals surface area contributed by atoms with Gasteiger partial charge in [-0.2, -0.15) is 0 Å². The standard InChI is InChI=1S/C52H32O.C41H25NO.C36H22O/c1-2-15-34(16-3-1)47-32-36(31-35-18-5-7-21-38(35)47)39-29-30-46(51-45-26-12-13-28-48(45)53-52(39)51)50-43-24-10-8-22-41(43)49(42-23-9-11-25-44(42)50)40-27-14-19-33-17-4-6-20-37(33)40;1-2-14-28-26(11-1)12-9-20-30(28)38-31-15-3-5-17-33(31)39(34-18-6-4-16-32(34)38)36-23-22-29(27-13-10-24-42-25-27)41-40(36)35-19-7-8-21-37(35)43-41;1-2-13-24-23(11-1)12-9-19-25(24)34-26-14-3-5-16-28(26)35(29-17-6-4-15-27(29)34)31-20-10-22-33-36(31)30-18-7-8-21-32(30)37-33/h1-32H;1-25H;1-22H. The first-order chi connectivity index (χ1) is 66.1. The molecule has 4 heteroatoms. The van der Waals surface area contributed by atoms with Gasteiger partial charge < -0.3 is 13.3 Å². The molecule has 0 radical (unpaired) electrons. The molecule has 0 N–H and O–H groups in total. The van der Waals surface area contributed by atoms with E-state index in [9.17, 15) is 0 Å². The molecule has 618 valence electrons. The van der Waals surface area contributed by atoms with Crippen molar-refractivity contribution < 1.29 is 13.3 Å². The zero-order valence-electron chi connectivity index (χ0n) is 72.3. The maximum atomic E-state index is 6.92. The van der Waals surface area contributed by atoms with E-state index in [1.54, 1.807) is 0 Å². The van der Waals surface area contributed by atoms with E-state index in [1.165, 1.54) is 191 Å². The van der Waals surface area contributed by atoms with Crippen molar-refractivity contribution in [1.29, 1.82) is 0 Å². The Morgan fingerprint density at radius 2 is 0.406 bits per heavy atom. The summed E-state index contributed by atoms with van der Waals surface area (Å²) in [6, 6.07) is 168. The molecule has 0 atom stereocenters. The third-order valence-corrected chi connectivity index (χ3v) is 27.5. The summed E-state index contributed by atoms with van der Waals surface area (Å²) in [4.78, 5) is 4.40. The van der Waals surface area contributed by atoms with Crippen LogP contribution >= 0.6 is 0 Å². The van der Waals surface area contributed by atoms with Crippen LogP contribution in [0.1, 0.15) is 0 Å². The van der Waals surface area contributed by atoms with Crippen LogP contribution < -0.4 is 0 Å². The molecule has 133 heavy (non-hydrogen) atoms. The fourth-order valence-corrected chi connectivity index (χ4v) is 21.8. The SMILES string of the molecule is c1ccc(-c2cc(-c3ccc(-c4c5ccccc5c(-c5cccc6ccccc56)c5ccccc45)c4c3oc3ccccc34)cc3ccccc23)cc1.c1ccc2c(-c3c4ccccc4c(-c4cccc5oc6ccccc6c45)c4ccccc34)cccc2c1.c1cncc(-c2ccc(-c3c4ccccc4c(-c4cccc5ccccc45)c4ccccc34)c3c2oc2ccccc23)c1. The molecule has 0 unspecified atom stereocenters. The Kier molecular flexibility index (Phi) is 18.3. The second-order valence-corrected chi connectivity index (χ2v) is 34.7. The van der Waals surface area contributed by atoms with Crippen molar-refractivity contribution in [2.75, 3.05) is 0 Å². The highest BCUT2D eigenvalue weighted by atomic mass is 16.3. The first-order valence-electron chi connectivity index (χ1n) is 45.6. The van der Waals surface area contributed by atoms with Crippen LogP contribution in [-0.4, -0.2) is 4.98 Å². The number of fused-ring (bicyclic) bond motifs is 19. The summed E-state index contributed by atoms with van der Waals surface area (Å²) >= 11 is 0. The molecular weight excluding hydrogens is 1610 g/mol. The van der Waals surface area contributed by atoms with Crippen molar-refractivity contribution in [1.82, 2.24) is 4.98 Å². The lowest BCUT2D eigenvalue weighted by molar-refractivity contribution is 0.669. The molecule has 4 nitrogen and oxygen atoms in total. The molecule has 0 saturated carbocycles. The van der Waals surface area contributed by atoms with Gasteiger partial charge in [-0.3, -0.25) is 4.98 Å². The topological polar surface area (TPSA) is 52.3 Å². The average molecular weight is 1690 g/mol. The molecule has 28 rings (SSSR count). The van der Waals surface area contributed by atoms with E-state index in [2.05, 4.69) is 454 Å². The lowest BCUT2D eigenvalue weighted by atomic mass is 9.83. The van der Waals surface area contributed by atoms with Crippen LogP contribution in [0.25, 0.3) is 274 Å². The van der Waals surface area contributed by atoms with E-state index < -0.39 is 0 Å². The van der Waals surface area contributed by atoms with Gasteiger partial charge in [0, 0.05) is 61.4 Å². The Balaban J connectivity index is 0.000000106. The van der Waals surface area contributed by atoms with Crippen LogP contribution in [0.4, 0.5) is 0 Å². The summed E-state index contributed by atoms with van der Waals surface area (Å²) in [7, 11) is 0. The third kappa shape index (κ3) is 12.6. The molecule has 0 bridgehead atoms. The monoisotopic (exact) mass is 1690 g/mol. The summed E-state index contributed by atoms with van der Waals surface area (Å²) in [5.41, 5.74) is 27.0. The maximum absolute atomic E-state index is 6.92.